The fourth-order valence-corrected chi connectivity index (χ4v) is 2.78. The number of benzene rings is 1. The Labute approximate surface area is 127 Å². The SMILES string of the molecule is COc1cc(CNC2CC2)ccc1OCCN1CCCC1. The number of likely N-dealkylation sites (tertiary alicyclic amines) is 1. The zero-order valence-electron chi connectivity index (χ0n) is 12.9. The molecule has 0 aromatic heterocycles. The van der Waals surface area contributed by atoms with Crippen molar-refractivity contribution in [1.29, 1.82) is 0 Å². The molecule has 1 heterocycles. The van der Waals surface area contributed by atoms with E-state index in [4.69, 9.17) is 9.47 Å². The zero-order chi connectivity index (χ0) is 14.5. The van der Waals surface area contributed by atoms with Gasteiger partial charge in [0.15, 0.2) is 11.5 Å². The number of rotatable bonds is 8. The Morgan fingerprint density at radius 2 is 2.00 bits per heavy atom. The van der Waals surface area contributed by atoms with Gasteiger partial charge in [0.1, 0.15) is 6.61 Å². The quantitative estimate of drug-likeness (QED) is 0.797. The number of ether oxygens (including phenoxy) is 2. The van der Waals surface area contributed by atoms with Crippen molar-refractivity contribution in [3.8, 4) is 11.5 Å². The average molecular weight is 290 g/mol. The second-order valence-electron chi connectivity index (χ2n) is 6.04. The summed E-state index contributed by atoms with van der Waals surface area (Å²) in [5.74, 6) is 1.69. The third kappa shape index (κ3) is 4.35. The number of nitrogens with one attached hydrogen (secondary N) is 1. The number of nitrogens with zero attached hydrogens (tertiary/aromatic N) is 1. The summed E-state index contributed by atoms with van der Waals surface area (Å²) < 4.78 is 11.4. The molecule has 4 heteroatoms. The first-order chi connectivity index (χ1) is 10.3. The normalized spacial score (nSPS) is 18.9. The van der Waals surface area contributed by atoms with Crippen LogP contribution in [0.5, 0.6) is 11.5 Å². The molecule has 116 valence electrons. The zero-order valence-corrected chi connectivity index (χ0v) is 12.9. The lowest BCUT2D eigenvalue weighted by Gasteiger charge is -2.16. The fraction of sp³-hybridized carbons (Fsp3) is 0.647. The van der Waals surface area contributed by atoms with Crippen molar-refractivity contribution in [2.45, 2.75) is 38.3 Å². The second kappa shape index (κ2) is 7.14. The van der Waals surface area contributed by atoms with E-state index in [9.17, 15) is 0 Å². The Hall–Kier alpha value is -1.26. The molecule has 1 aliphatic carbocycles. The lowest BCUT2D eigenvalue weighted by atomic mass is 10.2. The van der Waals surface area contributed by atoms with Gasteiger partial charge in [-0.2, -0.15) is 0 Å². The number of hydrogen-bond donors (Lipinski definition) is 1. The first-order valence-electron chi connectivity index (χ1n) is 8.10. The molecule has 1 aliphatic heterocycles. The first-order valence-corrected chi connectivity index (χ1v) is 8.10. The molecule has 2 fully saturated rings. The molecule has 0 radical (unpaired) electrons. The van der Waals surface area contributed by atoms with E-state index in [0.29, 0.717) is 0 Å². The highest BCUT2D eigenvalue weighted by Crippen LogP contribution is 2.28. The van der Waals surface area contributed by atoms with Crippen molar-refractivity contribution in [1.82, 2.24) is 10.2 Å². The van der Waals surface area contributed by atoms with Crippen LogP contribution in [0.4, 0.5) is 0 Å². The van der Waals surface area contributed by atoms with Gasteiger partial charge in [-0.15, -0.1) is 0 Å². The highest BCUT2D eigenvalue weighted by molar-refractivity contribution is 5.43. The molecule has 1 N–H and O–H groups in total. The van der Waals surface area contributed by atoms with E-state index >= 15 is 0 Å². The van der Waals surface area contributed by atoms with Crippen LogP contribution in [0, 0.1) is 0 Å². The van der Waals surface area contributed by atoms with Crippen molar-refractivity contribution >= 4 is 0 Å². The van der Waals surface area contributed by atoms with Crippen LogP contribution < -0.4 is 14.8 Å². The number of hydrogen-bond acceptors (Lipinski definition) is 4. The van der Waals surface area contributed by atoms with Crippen molar-refractivity contribution in [2.24, 2.45) is 0 Å². The lowest BCUT2D eigenvalue weighted by Crippen LogP contribution is -2.25. The molecule has 0 unspecified atom stereocenters. The first kappa shape index (κ1) is 14.7. The Balaban J connectivity index is 1.50. The highest BCUT2D eigenvalue weighted by atomic mass is 16.5. The third-order valence-electron chi connectivity index (χ3n) is 4.26. The summed E-state index contributed by atoms with van der Waals surface area (Å²) in [5.41, 5.74) is 1.26. The van der Waals surface area contributed by atoms with Crippen LogP contribution >= 0.6 is 0 Å². The van der Waals surface area contributed by atoms with E-state index in [2.05, 4.69) is 22.3 Å². The van der Waals surface area contributed by atoms with Gasteiger partial charge < -0.3 is 14.8 Å². The van der Waals surface area contributed by atoms with Crippen LogP contribution in [0.3, 0.4) is 0 Å². The predicted octanol–water partition coefficient (Wildman–Crippen LogP) is 2.42. The van der Waals surface area contributed by atoms with Gasteiger partial charge in [0.2, 0.25) is 0 Å². The average Bonchev–Trinajstić information content (AvgIpc) is 3.20. The molecule has 0 spiro atoms. The Bertz CT molecular complexity index is 454. The van der Waals surface area contributed by atoms with Gasteiger partial charge in [-0.25, -0.2) is 0 Å². The molecular weight excluding hydrogens is 264 g/mol. The fourth-order valence-electron chi connectivity index (χ4n) is 2.78. The molecular formula is C17H26N2O2. The molecule has 0 amide bonds. The van der Waals surface area contributed by atoms with Crippen molar-refractivity contribution in [3.63, 3.8) is 0 Å². The summed E-state index contributed by atoms with van der Waals surface area (Å²) >= 11 is 0. The summed E-state index contributed by atoms with van der Waals surface area (Å²) in [6.07, 6.45) is 5.28. The minimum absolute atomic E-state index is 0.729. The molecule has 1 saturated heterocycles. The summed E-state index contributed by atoms with van der Waals surface area (Å²) in [7, 11) is 1.71. The second-order valence-corrected chi connectivity index (χ2v) is 6.04. The molecule has 1 aromatic rings. The summed E-state index contributed by atoms with van der Waals surface area (Å²) in [6.45, 7) is 5.08. The molecule has 0 bridgehead atoms. The molecule has 1 saturated carbocycles. The van der Waals surface area contributed by atoms with Gasteiger partial charge in [0.05, 0.1) is 7.11 Å². The molecule has 21 heavy (non-hydrogen) atoms. The minimum Gasteiger partial charge on any atom is -0.493 e. The van der Waals surface area contributed by atoms with Crippen molar-refractivity contribution < 1.29 is 9.47 Å². The van der Waals surface area contributed by atoms with Crippen molar-refractivity contribution in [2.75, 3.05) is 33.4 Å². The van der Waals surface area contributed by atoms with Crippen LogP contribution in [-0.2, 0) is 6.54 Å². The van der Waals surface area contributed by atoms with E-state index in [0.717, 1.165) is 37.2 Å². The maximum absolute atomic E-state index is 5.90. The van der Waals surface area contributed by atoms with E-state index in [1.165, 1.54) is 44.3 Å². The van der Waals surface area contributed by atoms with Gasteiger partial charge in [0, 0.05) is 19.1 Å². The number of methoxy groups -OCH3 is 1. The van der Waals surface area contributed by atoms with E-state index in [1.807, 2.05) is 6.07 Å². The molecule has 0 atom stereocenters. The van der Waals surface area contributed by atoms with Gasteiger partial charge in [-0.05, 0) is 56.5 Å². The Morgan fingerprint density at radius 1 is 1.19 bits per heavy atom. The summed E-state index contributed by atoms with van der Waals surface area (Å²) in [5, 5.41) is 3.52. The van der Waals surface area contributed by atoms with E-state index < -0.39 is 0 Å². The molecule has 3 rings (SSSR count). The predicted molar refractivity (Wildman–Crippen MR) is 84.0 cm³/mol. The molecule has 4 nitrogen and oxygen atoms in total. The third-order valence-corrected chi connectivity index (χ3v) is 4.26. The maximum atomic E-state index is 5.90. The summed E-state index contributed by atoms with van der Waals surface area (Å²) in [4.78, 5) is 2.46. The Morgan fingerprint density at radius 3 is 2.71 bits per heavy atom. The minimum atomic E-state index is 0.729. The van der Waals surface area contributed by atoms with Gasteiger partial charge in [0.25, 0.3) is 0 Å². The van der Waals surface area contributed by atoms with Crippen molar-refractivity contribution in [3.05, 3.63) is 23.8 Å². The van der Waals surface area contributed by atoms with Crippen LogP contribution in [0.2, 0.25) is 0 Å². The monoisotopic (exact) mass is 290 g/mol. The summed E-state index contributed by atoms with van der Waals surface area (Å²) in [6, 6.07) is 6.98. The van der Waals surface area contributed by atoms with Crippen LogP contribution in [0.15, 0.2) is 18.2 Å². The maximum Gasteiger partial charge on any atom is 0.161 e. The standard InChI is InChI=1S/C17H26N2O2/c1-20-17-12-14(13-18-15-5-6-15)4-7-16(17)21-11-10-19-8-2-3-9-19/h4,7,12,15,18H,2-3,5-6,8-11,13H2,1H3. The van der Waals surface area contributed by atoms with E-state index in [-0.39, 0.29) is 0 Å². The van der Waals surface area contributed by atoms with Gasteiger partial charge in [-0.1, -0.05) is 6.07 Å². The van der Waals surface area contributed by atoms with Crippen LogP contribution in [0.1, 0.15) is 31.2 Å². The highest BCUT2D eigenvalue weighted by Gasteiger charge is 2.20. The molecule has 2 aliphatic rings. The van der Waals surface area contributed by atoms with Gasteiger partial charge >= 0.3 is 0 Å². The van der Waals surface area contributed by atoms with E-state index in [1.54, 1.807) is 7.11 Å². The lowest BCUT2D eigenvalue weighted by molar-refractivity contribution is 0.230. The largest absolute Gasteiger partial charge is 0.493 e. The van der Waals surface area contributed by atoms with Crippen LogP contribution in [0.25, 0.3) is 0 Å². The Kier molecular flexibility index (Phi) is 4.99. The smallest absolute Gasteiger partial charge is 0.161 e. The molecule has 1 aromatic carbocycles. The topological polar surface area (TPSA) is 33.7 Å². The van der Waals surface area contributed by atoms with Crippen LogP contribution in [-0.4, -0.2) is 44.3 Å². The van der Waals surface area contributed by atoms with Gasteiger partial charge in [-0.3, -0.25) is 4.90 Å².